The summed E-state index contributed by atoms with van der Waals surface area (Å²) in [4.78, 5) is 22.4. The summed E-state index contributed by atoms with van der Waals surface area (Å²) in [5.74, 6) is -0.337. The fourth-order valence-electron chi connectivity index (χ4n) is 5.34. The van der Waals surface area contributed by atoms with Crippen molar-refractivity contribution in [2.24, 2.45) is 5.73 Å². The Bertz CT molecular complexity index is 722. The standard InChI is InChI=1S/C37H74NO7P/c1-3-5-7-9-11-13-15-17-18-20-22-24-26-28-30-37(39)45-36(35-44-46(40,41)43-33-31-38)34-42-32-29-27-25-23-21-19-16-14-12-10-8-6-4-2/h15,17,36H,3-14,16,18-35,38H2,1-2H3,(H,40,41)/b17-15-. The quantitative estimate of drug-likeness (QED) is 0.0289. The molecule has 8 nitrogen and oxygen atoms in total. The first-order valence-corrected chi connectivity index (χ1v) is 20.7. The van der Waals surface area contributed by atoms with E-state index < -0.39 is 13.9 Å². The van der Waals surface area contributed by atoms with E-state index in [1.54, 1.807) is 0 Å². The maximum absolute atomic E-state index is 12.5. The van der Waals surface area contributed by atoms with Gasteiger partial charge in [-0.1, -0.05) is 148 Å². The summed E-state index contributed by atoms with van der Waals surface area (Å²) in [6, 6.07) is 0. The van der Waals surface area contributed by atoms with Crippen molar-refractivity contribution in [1.29, 1.82) is 0 Å². The second-order valence-corrected chi connectivity index (χ2v) is 14.2. The molecule has 0 spiro atoms. The second-order valence-electron chi connectivity index (χ2n) is 12.8. The van der Waals surface area contributed by atoms with E-state index in [9.17, 15) is 14.3 Å². The van der Waals surface area contributed by atoms with Crippen LogP contribution in [0.5, 0.6) is 0 Å². The van der Waals surface area contributed by atoms with E-state index in [0.29, 0.717) is 13.0 Å². The van der Waals surface area contributed by atoms with Crippen LogP contribution in [0.3, 0.4) is 0 Å². The van der Waals surface area contributed by atoms with Crippen LogP contribution < -0.4 is 5.73 Å². The van der Waals surface area contributed by atoms with Crippen molar-refractivity contribution in [3.8, 4) is 0 Å². The number of phosphoric ester groups is 1. The lowest BCUT2D eigenvalue weighted by atomic mass is 10.0. The van der Waals surface area contributed by atoms with Crippen LogP contribution in [0.4, 0.5) is 0 Å². The highest BCUT2D eigenvalue weighted by atomic mass is 31.2. The summed E-state index contributed by atoms with van der Waals surface area (Å²) >= 11 is 0. The molecule has 9 heteroatoms. The number of rotatable bonds is 37. The van der Waals surface area contributed by atoms with Crippen molar-refractivity contribution < 1.29 is 32.8 Å². The van der Waals surface area contributed by atoms with Gasteiger partial charge in [-0.2, -0.15) is 0 Å². The van der Waals surface area contributed by atoms with Crippen LogP contribution >= 0.6 is 7.82 Å². The highest BCUT2D eigenvalue weighted by Gasteiger charge is 2.25. The molecule has 0 saturated heterocycles. The monoisotopic (exact) mass is 676 g/mol. The van der Waals surface area contributed by atoms with Crippen LogP contribution in [-0.4, -0.2) is 49.9 Å². The molecular formula is C37H74NO7P. The molecule has 274 valence electrons. The Hall–Kier alpha value is -0.760. The molecule has 3 N–H and O–H groups in total. The maximum atomic E-state index is 12.5. The Balaban J connectivity index is 4.08. The van der Waals surface area contributed by atoms with E-state index in [0.717, 1.165) is 44.9 Å². The first kappa shape index (κ1) is 45.2. The van der Waals surface area contributed by atoms with Crippen molar-refractivity contribution in [2.45, 2.75) is 187 Å². The van der Waals surface area contributed by atoms with Gasteiger partial charge in [-0.05, 0) is 38.5 Å². The van der Waals surface area contributed by atoms with Gasteiger partial charge in [0.1, 0.15) is 6.10 Å². The predicted octanol–water partition coefficient (Wildman–Crippen LogP) is 10.7. The Morgan fingerprint density at radius 1 is 0.630 bits per heavy atom. The number of hydrogen-bond acceptors (Lipinski definition) is 7. The first-order valence-electron chi connectivity index (χ1n) is 19.2. The van der Waals surface area contributed by atoms with Crippen molar-refractivity contribution in [1.82, 2.24) is 0 Å². The smallest absolute Gasteiger partial charge is 0.457 e. The lowest BCUT2D eigenvalue weighted by Crippen LogP contribution is -2.28. The van der Waals surface area contributed by atoms with Gasteiger partial charge in [-0.3, -0.25) is 13.8 Å². The molecule has 0 fully saturated rings. The molecule has 0 aromatic heterocycles. The first-order chi connectivity index (χ1) is 22.4. The minimum absolute atomic E-state index is 0.0941. The van der Waals surface area contributed by atoms with E-state index in [-0.39, 0.29) is 32.3 Å². The topological polar surface area (TPSA) is 117 Å². The van der Waals surface area contributed by atoms with Gasteiger partial charge in [-0.25, -0.2) is 4.57 Å². The van der Waals surface area contributed by atoms with Gasteiger partial charge in [0.05, 0.1) is 19.8 Å². The molecule has 46 heavy (non-hydrogen) atoms. The molecule has 0 heterocycles. The van der Waals surface area contributed by atoms with Crippen LogP contribution in [0, 0.1) is 0 Å². The minimum Gasteiger partial charge on any atom is -0.457 e. The van der Waals surface area contributed by atoms with Crippen LogP contribution in [0.25, 0.3) is 0 Å². The molecule has 0 aliphatic rings. The Kier molecular flexibility index (Phi) is 35.0. The number of carbonyl (C=O) groups excluding carboxylic acids is 1. The van der Waals surface area contributed by atoms with E-state index in [4.69, 9.17) is 24.3 Å². The average Bonchev–Trinajstić information content (AvgIpc) is 3.04. The Morgan fingerprint density at radius 2 is 1.09 bits per heavy atom. The van der Waals surface area contributed by atoms with Crippen LogP contribution in [0.1, 0.15) is 181 Å². The molecule has 0 saturated carbocycles. The predicted molar refractivity (Wildman–Crippen MR) is 192 cm³/mol. The van der Waals surface area contributed by atoms with Crippen LogP contribution in [0.15, 0.2) is 12.2 Å². The van der Waals surface area contributed by atoms with E-state index in [1.165, 1.54) is 116 Å². The van der Waals surface area contributed by atoms with Gasteiger partial charge < -0.3 is 20.1 Å². The summed E-state index contributed by atoms with van der Waals surface area (Å²) in [7, 11) is -4.27. The van der Waals surface area contributed by atoms with Gasteiger partial charge in [0.15, 0.2) is 0 Å². The third-order valence-corrected chi connectivity index (χ3v) is 9.17. The van der Waals surface area contributed by atoms with Gasteiger partial charge in [0, 0.05) is 19.6 Å². The van der Waals surface area contributed by atoms with Crippen LogP contribution in [-0.2, 0) is 27.9 Å². The highest BCUT2D eigenvalue weighted by molar-refractivity contribution is 7.47. The Labute approximate surface area is 283 Å². The summed E-state index contributed by atoms with van der Waals surface area (Å²) in [5.41, 5.74) is 5.35. The molecule has 2 atom stereocenters. The van der Waals surface area contributed by atoms with Crippen molar-refractivity contribution in [2.75, 3.05) is 33.0 Å². The van der Waals surface area contributed by atoms with Gasteiger partial charge in [-0.15, -0.1) is 0 Å². The third kappa shape index (κ3) is 34.6. The SMILES string of the molecule is CCCCCCC/C=C\CCCCCCCC(=O)OC(COCCCCCCCCCCCCCCC)COP(=O)(O)OCCN. The number of nitrogens with two attached hydrogens (primary N) is 1. The third-order valence-electron chi connectivity index (χ3n) is 8.18. The molecule has 0 radical (unpaired) electrons. The molecule has 0 aromatic carbocycles. The zero-order valence-electron chi connectivity index (χ0n) is 30.1. The molecule has 2 unspecified atom stereocenters. The van der Waals surface area contributed by atoms with E-state index >= 15 is 0 Å². The normalized spacial score (nSPS) is 13.7. The summed E-state index contributed by atoms with van der Waals surface area (Å²) in [6.07, 6.45) is 35.0. The fourth-order valence-corrected chi connectivity index (χ4v) is 6.11. The van der Waals surface area contributed by atoms with Crippen molar-refractivity contribution in [3.05, 3.63) is 12.2 Å². The second kappa shape index (κ2) is 35.5. The number of unbranched alkanes of at least 4 members (excludes halogenated alkanes) is 22. The zero-order valence-corrected chi connectivity index (χ0v) is 31.0. The number of esters is 1. The number of hydrogen-bond donors (Lipinski definition) is 2. The van der Waals surface area contributed by atoms with Crippen molar-refractivity contribution >= 4 is 13.8 Å². The van der Waals surface area contributed by atoms with Gasteiger partial charge in [0.2, 0.25) is 0 Å². The molecular weight excluding hydrogens is 601 g/mol. The van der Waals surface area contributed by atoms with Crippen LogP contribution in [0.2, 0.25) is 0 Å². The van der Waals surface area contributed by atoms with E-state index in [2.05, 4.69) is 26.0 Å². The Morgan fingerprint density at radius 3 is 1.59 bits per heavy atom. The lowest BCUT2D eigenvalue weighted by Gasteiger charge is -2.20. The fraction of sp³-hybridized carbons (Fsp3) is 0.919. The minimum atomic E-state index is -4.27. The summed E-state index contributed by atoms with van der Waals surface area (Å²) in [6.45, 7) is 4.92. The molecule has 0 aliphatic heterocycles. The number of ether oxygens (including phenoxy) is 2. The molecule has 0 aliphatic carbocycles. The molecule has 0 amide bonds. The summed E-state index contributed by atoms with van der Waals surface area (Å²) < 4.78 is 33.3. The van der Waals surface area contributed by atoms with Crippen molar-refractivity contribution in [3.63, 3.8) is 0 Å². The summed E-state index contributed by atoms with van der Waals surface area (Å²) in [5, 5.41) is 0. The molecule has 0 rings (SSSR count). The molecule has 0 aromatic rings. The zero-order chi connectivity index (χ0) is 33.8. The molecule has 0 bridgehead atoms. The lowest BCUT2D eigenvalue weighted by molar-refractivity contribution is -0.154. The largest absolute Gasteiger partial charge is 0.472 e. The van der Waals surface area contributed by atoms with E-state index in [1.807, 2.05) is 0 Å². The maximum Gasteiger partial charge on any atom is 0.472 e. The number of phosphoric acid groups is 1. The highest BCUT2D eigenvalue weighted by Crippen LogP contribution is 2.43. The van der Waals surface area contributed by atoms with Gasteiger partial charge in [0.25, 0.3) is 0 Å². The van der Waals surface area contributed by atoms with Gasteiger partial charge >= 0.3 is 13.8 Å². The number of carbonyl (C=O) groups is 1. The average molecular weight is 676 g/mol. The number of allylic oxidation sites excluding steroid dienone is 2.